The van der Waals surface area contributed by atoms with E-state index in [-0.39, 0.29) is 25.0 Å². The van der Waals surface area contributed by atoms with E-state index in [2.05, 4.69) is 59.2 Å². The molecule has 10 nitrogen and oxygen atoms in total. The fourth-order valence-corrected chi connectivity index (χ4v) is 8.77. The maximum absolute atomic E-state index is 12.5. The molecule has 0 aromatic heterocycles. The number of alkyl carbamates (subject to hydrolysis) is 2. The van der Waals surface area contributed by atoms with Crippen molar-refractivity contribution in [2.75, 3.05) is 13.2 Å². The van der Waals surface area contributed by atoms with Crippen molar-refractivity contribution in [1.82, 2.24) is 10.6 Å². The first kappa shape index (κ1) is 40.1. The van der Waals surface area contributed by atoms with Crippen molar-refractivity contribution >= 4 is 24.1 Å². The van der Waals surface area contributed by atoms with Crippen LogP contribution in [0.4, 0.5) is 9.59 Å². The molecule has 2 amide bonds. The number of benzene rings is 4. The first-order valence-electron chi connectivity index (χ1n) is 20.3. The molecule has 4 aliphatic rings. The average Bonchev–Trinajstić information content (AvgIpc) is 3.70. The van der Waals surface area contributed by atoms with Crippen LogP contribution in [-0.2, 0) is 19.1 Å². The topological polar surface area (TPSA) is 151 Å². The zero-order valence-corrected chi connectivity index (χ0v) is 32.4. The molecular weight excluding hydrogens is 733 g/mol. The van der Waals surface area contributed by atoms with Gasteiger partial charge in [0, 0.05) is 11.8 Å². The highest BCUT2D eigenvalue weighted by molar-refractivity contribution is 5.81. The Morgan fingerprint density at radius 2 is 0.828 bits per heavy atom. The number of hydrogen-bond acceptors (Lipinski definition) is 6. The number of carbonyl (C=O) groups excluding carboxylic acids is 2. The normalized spacial score (nSPS) is 21.9. The summed E-state index contributed by atoms with van der Waals surface area (Å²) in [6.45, 7) is 0.433. The highest BCUT2D eigenvalue weighted by atomic mass is 16.6. The van der Waals surface area contributed by atoms with Crippen LogP contribution >= 0.6 is 0 Å². The first-order chi connectivity index (χ1) is 28.3. The van der Waals surface area contributed by atoms with Gasteiger partial charge in [0.05, 0.1) is 23.9 Å². The molecule has 4 aliphatic carbocycles. The third-order valence-corrected chi connectivity index (χ3v) is 11.7. The number of nitrogens with one attached hydrogen (secondary N) is 2. The minimum absolute atomic E-state index is 0.0173. The molecule has 300 valence electrons. The number of rotatable bonds is 8. The molecule has 0 heterocycles. The maximum Gasteiger partial charge on any atom is 0.407 e. The van der Waals surface area contributed by atoms with Gasteiger partial charge in [0.25, 0.3) is 0 Å². The molecule has 4 aromatic rings. The van der Waals surface area contributed by atoms with Crippen molar-refractivity contribution in [2.24, 2.45) is 11.8 Å². The van der Waals surface area contributed by atoms with Gasteiger partial charge in [-0.25, -0.2) is 9.59 Å². The molecule has 4 aromatic carbocycles. The first-order valence-corrected chi connectivity index (χ1v) is 20.3. The fourth-order valence-electron chi connectivity index (χ4n) is 8.77. The minimum atomic E-state index is -0.888. The lowest BCUT2D eigenvalue weighted by Gasteiger charge is -2.24. The van der Waals surface area contributed by atoms with Gasteiger partial charge in [0.15, 0.2) is 0 Å². The van der Waals surface area contributed by atoms with E-state index in [0.29, 0.717) is 12.8 Å². The van der Waals surface area contributed by atoms with Crippen LogP contribution in [0.25, 0.3) is 22.3 Å². The molecule has 0 radical (unpaired) electrons. The molecular formula is C48H50N2O8. The van der Waals surface area contributed by atoms with E-state index in [9.17, 15) is 29.4 Å². The van der Waals surface area contributed by atoms with Gasteiger partial charge in [0.1, 0.15) is 13.2 Å². The Bertz CT molecular complexity index is 1930. The SMILES string of the molecule is O=C(N[C@@H]1/C=C\CCCC[C@@H]1C(=O)O)OCC1c2ccccc2-c2ccccc21.O=C(N[C@H]1/C=C\CCCC[C@H]1C(=O)O)OCC1c2ccccc2-c2ccccc21. The van der Waals surface area contributed by atoms with Crippen LogP contribution in [0.5, 0.6) is 0 Å². The number of fused-ring (bicyclic) bond motifs is 6. The summed E-state index contributed by atoms with van der Waals surface area (Å²) in [6.07, 6.45) is 12.8. The van der Waals surface area contributed by atoms with Crippen LogP contribution in [0.1, 0.15) is 85.5 Å². The molecule has 10 heteroatoms. The molecule has 4 N–H and O–H groups in total. The molecule has 0 fully saturated rings. The lowest BCUT2D eigenvalue weighted by atomic mass is 9.90. The predicted molar refractivity (Wildman–Crippen MR) is 221 cm³/mol. The molecule has 0 bridgehead atoms. The molecule has 0 spiro atoms. The summed E-state index contributed by atoms with van der Waals surface area (Å²) < 4.78 is 11.1. The molecule has 0 saturated heterocycles. The van der Waals surface area contributed by atoms with Gasteiger partial charge < -0.3 is 30.3 Å². The summed E-state index contributed by atoms with van der Waals surface area (Å²) in [5.74, 6) is -3.08. The van der Waals surface area contributed by atoms with Crippen LogP contribution in [0.15, 0.2) is 121 Å². The van der Waals surface area contributed by atoms with Crippen LogP contribution in [0.2, 0.25) is 0 Å². The Balaban J connectivity index is 0.000000177. The smallest absolute Gasteiger partial charge is 0.407 e. The van der Waals surface area contributed by atoms with Crippen LogP contribution < -0.4 is 10.6 Å². The second-order valence-corrected chi connectivity index (χ2v) is 15.3. The number of carboxylic acid groups (broad SMARTS) is 2. The third kappa shape index (κ3) is 9.17. The number of amides is 2. The summed E-state index contributed by atoms with van der Waals surface area (Å²) in [5, 5.41) is 24.6. The van der Waals surface area contributed by atoms with Crippen LogP contribution in [0.3, 0.4) is 0 Å². The fraction of sp³-hybridized carbons (Fsp3) is 0.333. The van der Waals surface area contributed by atoms with E-state index in [1.165, 1.54) is 22.3 Å². The second-order valence-electron chi connectivity index (χ2n) is 15.3. The molecule has 0 aliphatic heterocycles. The van der Waals surface area contributed by atoms with Crippen molar-refractivity contribution in [3.05, 3.63) is 144 Å². The molecule has 58 heavy (non-hydrogen) atoms. The minimum Gasteiger partial charge on any atom is -0.481 e. The van der Waals surface area contributed by atoms with E-state index >= 15 is 0 Å². The van der Waals surface area contributed by atoms with Gasteiger partial charge in [-0.1, -0.05) is 134 Å². The summed E-state index contributed by atoms with van der Waals surface area (Å²) in [5.41, 5.74) is 9.28. The van der Waals surface area contributed by atoms with Gasteiger partial charge >= 0.3 is 24.1 Å². The van der Waals surface area contributed by atoms with Gasteiger partial charge in [-0.15, -0.1) is 0 Å². The van der Waals surface area contributed by atoms with E-state index in [0.717, 1.165) is 60.8 Å². The Labute approximate surface area is 339 Å². The standard InChI is InChI=1S/2C24H25NO4/c2*26-23(27)20-13-3-1-2-4-14-22(20)25-24(28)29-15-21-18-11-7-5-9-16(18)17-10-6-8-12-19(17)21/h2*4-12,14,20-22H,1-3,13,15H2,(H,25,28)(H,26,27)/b2*14-4-/t2*20-,22+/m10/s1. The molecule has 4 atom stereocenters. The highest BCUT2D eigenvalue weighted by Gasteiger charge is 2.33. The van der Waals surface area contributed by atoms with E-state index in [4.69, 9.17) is 9.47 Å². The Morgan fingerprint density at radius 1 is 0.500 bits per heavy atom. The van der Waals surface area contributed by atoms with E-state index < -0.39 is 48.0 Å². The zero-order valence-electron chi connectivity index (χ0n) is 32.4. The quantitative estimate of drug-likeness (QED) is 0.129. The summed E-state index contributed by atoms with van der Waals surface area (Å²) in [6, 6.07) is 31.6. The van der Waals surface area contributed by atoms with Crippen molar-refractivity contribution in [3.63, 3.8) is 0 Å². The maximum atomic E-state index is 12.5. The number of hydrogen-bond donors (Lipinski definition) is 4. The van der Waals surface area contributed by atoms with Gasteiger partial charge in [-0.3, -0.25) is 9.59 Å². The van der Waals surface area contributed by atoms with E-state index in [1.807, 2.05) is 60.7 Å². The second kappa shape index (κ2) is 18.9. The van der Waals surface area contributed by atoms with Crippen molar-refractivity contribution in [3.8, 4) is 22.3 Å². The summed E-state index contributed by atoms with van der Waals surface area (Å²) in [7, 11) is 0. The monoisotopic (exact) mass is 782 g/mol. The molecule has 8 rings (SSSR count). The van der Waals surface area contributed by atoms with E-state index in [1.54, 1.807) is 12.2 Å². The largest absolute Gasteiger partial charge is 0.481 e. The number of allylic oxidation sites excluding steroid dienone is 2. The molecule has 0 unspecified atom stereocenters. The van der Waals surface area contributed by atoms with Gasteiger partial charge in [-0.05, 0) is 83.0 Å². The Morgan fingerprint density at radius 3 is 1.16 bits per heavy atom. The predicted octanol–water partition coefficient (Wildman–Crippen LogP) is 9.45. The van der Waals surface area contributed by atoms with Crippen molar-refractivity contribution in [2.45, 2.75) is 75.3 Å². The number of carbonyl (C=O) groups is 4. The van der Waals surface area contributed by atoms with Gasteiger partial charge in [-0.2, -0.15) is 0 Å². The number of aliphatic carboxylic acids is 2. The number of carboxylic acids is 2. The lowest BCUT2D eigenvalue weighted by molar-refractivity contribution is -0.143. The van der Waals surface area contributed by atoms with Crippen LogP contribution in [-0.4, -0.2) is 59.6 Å². The highest BCUT2D eigenvalue weighted by Crippen LogP contribution is 2.45. The third-order valence-electron chi connectivity index (χ3n) is 11.7. The Kier molecular flexibility index (Phi) is 13.0. The van der Waals surface area contributed by atoms with Crippen molar-refractivity contribution < 1.29 is 38.9 Å². The number of ether oxygens (including phenoxy) is 2. The zero-order chi connectivity index (χ0) is 40.4. The molecule has 0 saturated carbocycles. The van der Waals surface area contributed by atoms with Crippen molar-refractivity contribution in [1.29, 1.82) is 0 Å². The lowest BCUT2D eigenvalue weighted by Crippen LogP contribution is -2.43. The van der Waals surface area contributed by atoms with Crippen LogP contribution in [0, 0.1) is 11.8 Å². The summed E-state index contributed by atoms with van der Waals surface area (Å²) in [4.78, 5) is 48.3. The average molecular weight is 783 g/mol. The van der Waals surface area contributed by atoms with Gasteiger partial charge in [0.2, 0.25) is 0 Å². The Hall–Kier alpha value is -6.16. The summed E-state index contributed by atoms with van der Waals surface area (Å²) >= 11 is 0.